The van der Waals surface area contributed by atoms with Crippen LogP contribution in [0.2, 0.25) is 0 Å². The van der Waals surface area contributed by atoms with Crippen molar-refractivity contribution in [1.29, 1.82) is 0 Å². The Morgan fingerprint density at radius 1 is 1.17 bits per heavy atom. The number of hydrogen-bond acceptors (Lipinski definition) is 6. The lowest BCUT2D eigenvalue weighted by molar-refractivity contribution is -0.385. The van der Waals surface area contributed by atoms with E-state index in [4.69, 9.17) is 4.42 Å². The van der Waals surface area contributed by atoms with Crippen LogP contribution in [0.15, 0.2) is 57.4 Å². The van der Waals surface area contributed by atoms with E-state index in [-0.39, 0.29) is 22.5 Å². The van der Waals surface area contributed by atoms with Crippen LogP contribution >= 0.6 is 15.9 Å². The monoisotopic (exact) mass is 467 g/mol. The number of nitrogens with one attached hydrogen (secondary N) is 1. The maximum atomic E-state index is 11.1. The van der Waals surface area contributed by atoms with Gasteiger partial charge in [-0.2, -0.15) is 0 Å². The van der Waals surface area contributed by atoms with Gasteiger partial charge >= 0.3 is 0 Å². The molecule has 4 aromatic rings. The van der Waals surface area contributed by atoms with Gasteiger partial charge in [0, 0.05) is 35.5 Å². The van der Waals surface area contributed by atoms with Crippen LogP contribution in [0.4, 0.5) is 11.4 Å². The minimum atomic E-state index is -0.492. The largest absolute Gasteiger partial charge is 0.506 e. The highest BCUT2D eigenvalue weighted by Crippen LogP contribution is 2.34. The van der Waals surface area contributed by atoms with E-state index in [0.717, 1.165) is 33.5 Å². The molecule has 30 heavy (non-hydrogen) atoms. The van der Waals surface area contributed by atoms with Gasteiger partial charge in [0.05, 0.1) is 9.40 Å². The van der Waals surface area contributed by atoms with Crippen molar-refractivity contribution in [3.05, 3.63) is 79.8 Å². The van der Waals surface area contributed by atoms with E-state index < -0.39 is 4.92 Å². The van der Waals surface area contributed by atoms with Gasteiger partial charge in [-0.15, -0.1) is 0 Å². The number of aromatic nitrogens is 1. The molecule has 0 unspecified atom stereocenters. The summed E-state index contributed by atoms with van der Waals surface area (Å²) in [6, 6.07) is 14.3. The van der Waals surface area contributed by atoms with E-state index in [9.17, 15) is 15.2 Å². The number of phenols is 1. The number of aromatic hydroxyl groups is 1. The molecule has 0 fully saturated rings. The third-order valence-electron chi connectivity index (χ3n) is 4.84. The van der Waals surface area contributed by atoms with Crippen molar-refractivity contribution < 1.29 is 14.4 Å². The van der Waals surface area contributed by atoms with Crippen LogP contribution in [0.1, 0.15) is 16.7 Å². The first-order valence-electron chi connectivity index (χ1n) is 9.19. The predicted molar refractivity (Wildman–Crippen MR) is 119 cm³/mol. The number of fused-ring (bicyclic) bond motifs is 1. The van der Waals surface area contributed by atoms with Gasteiger partial charge < -0.3 is 14.8 Å². The molecule has 2 N–H and O–H groups in total. The zero-order valence-electron chi connectivity index (χ0n) is 16.3. The summed E-state index contributed by atoms with van der Waals surface area (Å²) in [5, 5.41) is 24.6. The lowest BCUT2D eigenvalue weighted by atomic mass is 10.1. The molecule has 1 aromatic heterocycles. The smallest absolute Gasteiger partial charge is 0.271 e. The zero-order chi connectivity index (χ0) is 21.4. The standard InChI is InChI=1S/C22H18BrN3O4/c1-12-3-6-18-20(7-12)30-22(25-18)14-5-4-13(2)19(9-14)24-11-15-8-16(26(28)29)10-17(23)21(15)27/h3-10,24,27H,11H2,1-2H3. The van der Waals surface area contributed by atoms with E-state index in [1.807, 2.05) is 50.2 Å². The molecule has 0 spiro atoms. The third-order valence-corrected chi connectivity index (χ3v) is 5.44. The summed E-state index contributed by atoms with van der Waals surface area (Å²) in [7, 11) is 0. The number of oxazole rings is 1. The highest BCUT2D eigenvalue weighted by Gasteiger charge is 2.15. The van der Waals surface area contributed by atoms with Gasteiger partial charge in [-0.05, 0) is 65.2 Å². The fraction of sp³-hybridized carbons (Fsp3) is 0.136. The molecule has 0 saturated carbocycles. The Bertz CT molecular complexity index is 1280. The molecule has 7 nitrogen and oxygen atoms in total. The number of aryl methyl sites for hydroxylation is 2. The minimum absolute atomic E-state index is 0.0313. The van der Waals surface area contributed by atoms with Gasteiger partial charge in [-0.25, -0.2) is 4.98 Å². The van der Waals surface area contributed by atoms with Crippen LogP contribution in [-0.2, 0) is 6.54 Å². The molecule has 3 aromatic carbocycles. The fourth-order valence-corrected chi connectivity index (χ4v) is 3.66. The minimum Gasteiger partial charge on any atom is -0.506 e. The number of phenolic OH excluding ortho intramolecular Hbond substituents is 1. The molecular formula is C22H18BrN3O4. The zero-order valence-corrected chi connectivity index (χ0v) is 17.9. The lowest BCUT2D eigenvalue weighted by Gasteiger charge is -2.12. The van der Waals surface area contributed by atoms with Crippen LogP contribution < -0.4 is 5.32 Å². The molecule has 0 amide bonds. The topological polar surface area (TPSA) is 101 Å². The van der Waals surface area contributed by atoms with E-state index >= 15 is 0 Å². The number of nitro benzene ring substituents is 1. The van der Waals surface area contributed by atoms with Crippen LogP contribution in [0.25, 0.3) is 22.6 Å². The molecule has 4 rings (SSSR count). The summed E-state index contributed by atoms with van der Waals surface area (Å²) >= 11 is 3.17. The highest BCUT2D eigenvalue weighted by atomic mass is 79.9. The molecule has 0 bridgehead atoms. The van der Waals surface area contributed by atoms with Gasteiger partial charge in [0.2, 0.25) is 5.89 Å². The molecule has 0 saturated heterocycles. The third kappa shape index (κ3) is 3.86. The number of non-ortho nitro benzene ring substituents is 1. The summed E-state index contributed by atoms with van der Waals surface area (Å²) in [5.74, 6) is 0.482. The van der Waals surface area contributed by atoms with Gasteiger partial charge in [-0.3, -0.25) is 10.1 Å². The Hall–Kier alpha value is -3.39. The van der Waals surface area contributed by atoms with Crippen molar-refractivity contribution in [1.82, 2.24) is 4.98 Å². The maximum Gasteiger partial charge on any atom is 0.271 e. The van der Waals surface area contributed by atoms with Gasteiger partial charge in [0.15, 0.2) is 5.58 Å². The SMILES string of the molecule is Cc1ccc2nc(-c3ccc(C)c(NCc4cc([N+](=O)[O-])cc(Br)c4O)c3)oc2c1. The Balaban J connectivity index is 1.63. The second kappa shape index (κ2) is 7.79. The van der Waals surface area contributed by atoms with Crippen LogP contribution in [0.3, 0.4) is 0 Å². The molecule has 8 heteroatoms. The van der Waals surface area contributed by atoms with E-state index in [1.165, 1.54) is 12.1 Å². The first-order valence-corrected chi connectivity index (χ1v) is 9.99. The summed E-state index contributed by atoms with van der Waals surface area (Å²) in [6.45, 7) is 4.16. The maximum absolute atomic E-state index is 11.1. The second-order valence-electron chi connectivity index (χ2n) is 7.07. The first kappa shape index (κ1) is 19.9. The molecular weight excluding hydrogens is 450 g/mol. The number of hydrogen-bond donors (Lipinski definition) is 2. The highest BCUT2D eigenvalue weighted by molar-refractivity contribution is 9.10. The number of nitrogens with zero attached hydrogens (tertiary/aromatic N) is 2. The Morgan fingerprint density at radius 3 is 2.73 bits per heavy atom. The number of anilines is 1. The van der Waals surface area contributed by atoms with Crippen molar-refractivity contribution in [2.24, 2.45) is 0 Å². The summed E-state index contributed by atoms with van der Waals surface area (Å²) in [6.07, 6.45) is 0. The van der Waals surface area contributed by atoms with Crippen molar-refractivity contribution in [2.45, 2.75) is 20.4 Å². The average Bonchev–Trinajstić information content (AvgIpc) is 3.13. The van der Waals surface area contributed by atoms with Gasteiger partial charge in [0.1, 0.15) is 11.3 Å². The van der Waals surface area contributed by atoms with Crippen molar-refractivity contribution in [2.75, 3.05) is 5.32 Å². The normalized spacial score (nSPS) is 11.0. The van der Waals surface area contributed by atoms with Crippen molar-refractivity contribution in [3.8, 4) is 17.2 Å². The van der Waals surface area contributed by atoms with Crippen LogP contribution in [0.5, 0.6) is 5.75 Å². The first-order chi connectivity index (χ1) is 14.3. The molecule has 0 aliphatic carbocycles. The van der Waals surface area contributed by atoms with E-state index in [0.29, 0.717) is 11.5 Å². The van der Waals surface area contributed by atoms with Crippen LogP contribution in [-0.4, -0.2) is 15.0 Å². The van der Waals surface area contributed by atoms with E-state index in [1.54, 1.807) is 0 Å². The molecule has 0 atom stereocenters. The summed E-state index contributed by atoms with van der Waals surface area (Å²) in [5.41, 5.74) is 5.54. The molecule has 0 aliphatic heterocycles. The molecule has 0 radical (unpaired) electrons. The van der Waals surface area contributed by atoms with Crippen molar-refractivity contribution in [3.63, 3.8) is 0 Å². The fourth-order valence-electron chi connectivity index (χ4n) is 3.17. The number of halogens is 1. The molecule has 152 valence electrons. The van der Waals surface area contributed by atoms with Crippen molar-refractivity contribution >= 4 is 38.4 Å². The predicted octanol–water partition coefficient (Wildman–Crippen LogP) is 6.10. The molecule has 1 heterocycles. The van der Waals surface area contributed by atoms with Crippen LogP contribution in [0, 0.1) is 24.0 Å². The molecule has 0 aliphatic rings. The Morgan fingerprint density at radius 2 is 1.97 bits per heavy atom. The van der Waals surface area contributed by atoms with E-state index in [2.05, 4.69) is 26.2 Å². The Labute approximate surface area is 180 Å². The number of nitro groups is 1. The quantitative estimate of drug-likeness (QED) is 0.271. The number of rotatable bonds is 5. The lowest BCUT2D eigenvalue weighted by Crippen LogP contribution is -2.03. The van der Waals surface area contributed by atoms with Gasteiger partial charge in [-0.1, -0.05) is 12.1 Å². The Kier molecular flexibility index (Phi) is 5.17. The average molecular weight is 468 g/mol. The second-order valence-corrected chi connectivity index (χ2v) is 7.92. The summed E-state index contributed by atoms with van der Waals surface area (Å²) < 4.78 is 6.19. The summed E-state index contributed by atoms with van der Waals surface area (Å²) in [4.78, 5) is 15.2. The van der Waals surface area contributed by atoms with Gasteiger partial charge in [0.25, 0.3) is 5.69 Å². The number of benzene rings is 3.